The Morgan fingerprint density at radius 1 is 0.810 bits per heavy atom. The normalized spacial score (nSPS) is 14.1. The van der Waals surface area contributed by atoms with Crippen molar-refractivity contribution in [2.24, 2.45) is 0 Å². The molecule has 1 heterocycles. The largest absolute Gasteiger partial charge is 0.493 e. The number of ether oxygens (including phenoxy) is 3. The highest BCUT2D eigenvalue weighted by Crippen LogP contribution is 2.38. The van der Waals surface area contributed by atoms with Crippen LogP contribution in [0.2, 0.25) is 0 Å². The first-order chi connectivity index (χ1) is 20.3. The number of methoxy groups -OCH3 is 1. The highest BCUT2D eigenvalue weighted by atomic mass is 79.9. The first kappa shape index (κ1) is 29.1. The summed E-state index contributed by atoms with van der Waals surface area (Å²) in [5.41, 5.74) is 2.54. The summed E-state index contributed by atoms with van der Waals surface area (Å²) >= 11 is 6.92. The minimum Gasteiger partial charge on any atom is -0.493 e. The Kier molecular flexibility index (Phi) is 9.04. The van der Waals surface area contributed by atoms with Gasteiger partial charge in [0, 0.05) is 4.47 Å². The molecule has 0 spiro atoms. The summed E-state index contributed by atoms with van der Waals surface area (Å²) < 4.78 is 18.9. The second-order valence-electron chi connectivity index (χ2n) is 9.18. The third-order valence-corrected chi connectivity index (χ3v) is 7.42. The van der Waals surface area contributed by atoms with Crippen molar-refractivity contribution in [1.82, 2.24) is 5.32 Å². The molecule has 0 aromatic heterocycles. The zero-order valence-electron chi connectivity index (χ0n) is 22.3. The van der Waals surface area contributed by atoms with Crippen molar-refractivity contribution >= 4 is 61.5 Å². The van der Waals surface area contributed by atoms with Gasteiger partial charge in [-0.2, -0.15) is 0 Å². The Hall–Kier alpha value is -4.41. The number of benzene rings is 4. The Morgan fingerprint density at radius 2 is 1.48 bits per heavy atom. The monoisotopic (exact) mass is 690 g/mol. The van der Waals surface area contributed by atoms with Gasteiger partial charge in [-0.1, -0.05) is 58.4 Å². The molecule has 212 valence electrons. The Balaban J connectivity index is 1.34. The molecule has 4 aromatic rings. The van der Waals surface area contributed by atoms with E-state index in [1.807, 2.05) is 54.6 Å². The van der Waals surface area contributed by atoms with Crippen LogP contribution in [-0.2, 0) is 22.8 Å². The number of halogens is 2. The van der Waals surface area contributed by atoms with Crippen LogP contribution in [0.1, 0.15) is 16.7 Å². The van der Waals surface area contributed by atoms with E-state index in [1.165, 1.54) is 13.2 Å². The Labute approximate surface area is 259 Å². The fraction of sp³-hybridized carbons (Fsp3) is 0.0938. The number of hydrogen-bond acceptors (Lipinski definition) is 6. The predicted molar refractivity (Wildman–Crippen MR) is 165 cm³/mol. The number of barbiturate groups is 1. The smallest absolute Gasteiger partial charge is 0.335 e. The molecular formula is C32H24Br2N2O6. The summed E-state index contributed by atoms with van der Waals surface area (Å²) in [4.78, 5) is 39.7. The third kappa shape index (κ3) is 6.72. The molecule has 1 N–H and O–H groups in total. The molecule has 8 nitrogen and oxygen atoms in total. The minimum absolute atomic E-state index is 0.212. The predicted octanol–water partition coefficient (Wildman–Crippen LogP) is 7.04. The van der Waals surface area contributed by atoms with E-state index in [2.05, 4.69) is 37.2 Å². The zero-order valence-corrected chi connectivity index (χ0v) is 25.5. The van der Waals surface area contributed by atoms with E-state index < -0.39 is 17.8 Å². The molecule has 0 atom stereocenters. The van der Waals surface area contributed by atoms with Crippen LogP contribution < -0.4 is 24.4 Å². The van der Waals surface area contributed by atoms with Gasteiger partial charge in [0.15, 0.2) is 11.5 Å². The van der Waals surface area contributed by atoms with Crippen LogP contribution in [0, 0.1) is 0 Å². The fourth-order valence-corrected chi connectivity index (χ4v) is 5.03. The number of imide groups is 2. The van der Waals surface area contributed by atoms with Gasteiger partial charge >= 0.3 is 6.03 Å². The second kappa shape index (κ2) is 13.1. The summed E-state index contributed by atoms with van der Waals surface area (Å²) in [6, 6.07) is 26.4. The van der Waals surface area contributed by atoms with Crippen LogP contribution in [0.4, 0.5) is 10.5 Å². The average molecular weight is 692 g/mol. The molecule has 0 radical (unpaired) electrons. The summed E-state index contributed by atoms with van der Waals surface area (Å²) in [6.07, 6.45) is 1.40. The minimum atomic E-state index is -0.837. The number of nitrogens with one attached hydrogen (secondary N) is 1. The highest BCUT2D eigenvalue weighted by Gasteiger charge is 2.37. The first-order valence-corrected chi connectivity index (χ1v) is 14.3. The van der Waals surface area contributed by atoms with Crippen molar-refractivity contribution in [3.63, 3.8) is 0 Å². The Bertz CT molecular complexity index is 1660. The van der Waals surface area contributed by atoms with Gasteiger partial charge < -0.3 is 14.2 Å². The summed E-state index contributed by atoms with van der Waals surface area (Å²) in [6.45, 7) is 0.675. The number of hydrogen-bond donors (Lipinski definition) is 1. The average Bonchev–Trinajstić information content (AvgIpc) is 2.99. The van der Waals surface area contributed by atoms with E-state index in [-0.39, 0.29) is 5.57 Å². The molecule has 0 unspecified atom stereocenters. The lowest BCUT2D eigenvalue weighted by Gasteiger charge is -2.26. The van der Waals surface area contributed by atoms with Gasteiger partial charge in [0.25, 0.3) is 11.8 Å². The molecular weight excluding hydrogens is 668 g/mol. The van der Waals surface area contributed by atoms with Gasteiger partial charge in [0.05, 0.1) is 17.3 Å². The van der Waals surface area contributed by atoms with Crippen LogP contribution in [0.25, 0.3) is 6.08 Å². The maximum Gasteiger partial charge on any atom is 0.335 e. The topological polar surface area (TPSA) is 94.2 Å². The van der Waals surface area contributed by atoms with E-state index in [9.17, 15) is 14.4 Å². The van der Waals surface area contributed by atoms with E-state index in [0.29, 0.717) is 46.2 Å². The van der Waals surface area contributed by atoms with E-state index >= 15 is 0 Å². The lowest BCUT2D eigenvalue weighted by atomic mass is 10.1. The lowest BCUT2D eigenvalue weighted by Crippen LogP contribution is -2.54. The van der Waals surface area contributed by atoms with Gasteiger partial charge in [-0.3, -0.25) is 14.9 Å². The van der Waals surface area contributed by atoms with Gasteiger partial charge in [0.2, 0.25) is 0 Å². The van der Waals surface area contributed by atoms with E-state index in [4.69, 9.17) is 14.2 Å². The van der Waals surface area contributed by atoms with Crippen LogP contribution >= 0.6 is 31.9 Å². The van der Waals surface area contributed by atoms with Crippen LogP contribution in [-0.4, -0.2) is 25.0 Å². The molecule has 0 saturated carbocycles. The summed E-state index contributed by atoms with van der Waals surface area (Å²) in [7, 11) is 1.50. The lowest BCUT2D eigenvalue weighted by molar-refractivity contribution is -0.122. The molecule has 1 aliphatic heterocycles. The van der Waals surface area contributed by atoms with Gasteiger partial charge in [-0.25, -0.2) is 9.69 Å². The maximum absolute atomic E-state index is 13.4. The standard InChI is InChI=1S/C32H24Br2N2O6/c1-40-28-17-22(16-27(34)29(28)42-19-21-7-9-23(33)10-8-21)15-26-30(37)35-32(39)36(31(26)38)24-11-13-25(14-12-24)41-18-20-5-3-2-4-6-20/h2-17H,18-19H2,1H3,(H,35,37,39)/b26-15+. The number of nitrogens with zero attached hydrogens (tertiary/aromatic N) is 1. The van der Waals surface area contributed by atoms with Crippen molar-refractivity contribution in [2.75, 3.05) is 12.0 Å². The SMILES string of the molecule is COc1cc(/C=C2\C(=O)NC(=O)N(c3ccc(OCc4ccccc4)cc3)C2=O)cc(Br)c1OCc1ccc(Br)cc1. The van der Waals surface area contributed by atoms with Crippen molar-refractivity contribution in [3.05, 3.63) is 122 Å². The zero-order chi connectivity index (χ0) is 29.6. The van der Waals surface area contributed by atoms with Crippen LogP contribution in [0.3, 0.4) is 0 Å². The van der Waals surface area contributed by atoms with Crippen molar-refractivity contribution in [1.29, 1.82) is 0 Å². The van der Waals surface area contributed by atoms with Crippen LogP contribution in [0.5, 0.6) is 17.2 Å². The first-order valence-electron chi connectivity index (χ1n) is 12.8. The van der Waals surface area contributed by atoms with Crippen molar-refractivity contribution in [3.8, 4) is 17.2 Å². The third-order valence-electron chi connectivity index (χ3n) is 6.30. The summed E-state index contributed by atoms with van der Waals surface area (Å²) in [5, 5.41) is 2.24. The van der Waals surface area contributed by atoms with E-state index in [0.717, 1.165) is 20.5 Å². The molecule has 4 amide bonds. The van der Waals surface area contributed by atoms with Gasteiger partial charge in [0.1, 0.15) is 24.5 Å². The number of rotatable bonds is 9. The number of carbonyl (C=O) groups excluding carboxylic acids is 3. The Morgan fingerprint density at radius 3 is 2.17 bits per heavy atom. The summed E-state index contributed by atoms with van der Waals surface area (Å²) in [5.74, 6) is -0.120. The van der Waals surface area contributed by atoms with Crippen molar-refractivity contribution in [2.45, 2.75) is 13.2 Å². The number of anilines is 1. The molecule has 1 aliphatic rings. The maximum atomic E-state index is 13.4. The molecule has 4 aromatic carbocycles. The van der Waals surface area contributed by atoms with E-state index in [1.54, 1.807) is 36.4 Å². The van der Waals surface area contributed by atoms with Crippen molar-refractivity contribution < 1.29 is 28.6 Å². The quantitative estimate of drug-likeness (QED) is 0.149. The molecule has 42 heavy (non-hydrogen) atoms. The molecule has 0 aliphatic carbocycles. The molecule has 0 bridgehead atoms. The molecule has 1 saturated heterocycles. The molecule has 10 heteroatoms. The van der Waals surface area contributed by atoms with Gasteiger partial charge in [-0.15, -0.1) is 0 Å². The number of carbonyl (C=O) groups is 3. The molecule has 5 rings (SSSR count). The van der Waals surface area contributed by atoms with Gasteiger partial charge in [-0.05, 0) is 87.2 Å². The van der Waals surface area contributed by atoms with Crippen LogP contribution in [0.15, 0.2) is 106 Å². The second-order valence-corrected chi connectivity index (χ2v) is 10.9. The highest BCUT2D eigenvalue weighted by molar-refractivity contribution is 9.10. The molecule has 1 fully saturated rings. The fourth-order valence-electron chi connectivity index (χ4n) is 4.19. The number of amides is 4. The number of urea groups is 1.